The SMILES string of the molecule is Nc1nc(NC2=CC(C(F)(F)F)C(c3ccc(OC4CCN(CCC(F)(F)F)CC4)cc3)C(Cl)C2)n[nH]1. The number of hydrogen-bond acceptors (Lipinski definition) is 6. The normalized spacial score (nSPS) is 24.1. The van der Waals surface area contributed by atoms with Crippen LogP contribution in [-0.4, -0.2) is 63.5 Å². The number of allylic oxidation sites excluding steroid dienone is 2. The van der Waals surface area contributed by atoms with Crippen molar-refractivity contribution >= 4 is 23.5 Å². The van der Waals surface area contributed by atoms with Crippen molar-refractivity contribution in [1.29, 1.82) is 0 Å². The van der Waals surface area contributed by atoms with Gasteiger partial charge in [-0.3, -0.25) is 0 Å². The molecule has 4 N–H and O–H groups in total. The van der Waals surface area contributed by atoms with Gasteiger partial charge < -0.3 is 20.7 Å². The molecule has 1 fully saturated rings. The molecule has 0 bridgehead atoms. The Morgan fingerprint density at radius 1 is 1.11 bits per heavy atom. The van der Waals surface area contributed by atoms with Crippen molar-refractivity contribution in [3.05, 3.63) is 41.6 Å². The van der Waals surface area contributed by atoms with Gasteiger partial charge in [-0.15, -0.1) is 16.7 Å². The Bertz CT molecular complexity index is 1060. The number of piperidine rings is 1. The lowest BCUT2D eigenvalue weighted by Gasteiger charge is -2.36. The molecule has 37 heavy (non-hydrogen) atoms. The van der Waals surface area contributed by atoms with Gasteiger partial charge in [0.15, 0.2) is 0 Å². The van der Waals surface area contributed by atoms with Crippen molar-refractivity contribution in [2.75, 3.05) is 30.7 Å². The number of H-pyrrole nitrogens is 1. The zero-order chi connectivity index (χ0) is 26.8. The van der Waals surface area contributed by atoms with E-state index in [2.05, 4.69) is 20.5 Å². The average Bonchev–Trinajstić information content (AvgIpc) is 3.22. The molecule has 14 heteroatoms. The van der Waals surface area contributed by atoms with Crippen LogP contribution >= 0.6 is 11.6 Å². The van der Waals surface area contributed by atoms with Crippen molar-refractivity contribution in [2.45, 2.75) is 55.4 Å². The molecule has 0 saturated carbocycles. The van der Waals surface area contributed by atoms with Crippen molar-refractivity contribution in [2.24, 2.45) is 5.92 Å². The largest absolute Gasteiger partial charge is 0.490 e. The lowest BCUT2D eigenvalue weighted by molar-refractivity contribution is -0.168. The predicted octanol–water partition coefficient (Wildman–Crippen LogP) is 5.45. The number of nitrogens with two attached hydrogens (primary N) is 1. The second-order valence-corrected chi connectivity index (χ2v) is 9.83. The van der Waals surface area contributed by atoms with E-state index in [1.165, 1.54) is 0 Å². The number of anilines is 2. The first-order valence-corrected chi connectivity index (χ1v) is 12.2. The molecule has 0 radical (unpaired) electrons. The van der Waals surface area contributed by atoms with E-state index in [9.17, 15) is 26.3 Å². The molecule has 1 aliphatic heterocycles. The maximum Gasteiger partial charge on any atom is 0.395 e. The van der Waals surface area contributed by atoms with Crippen molar-refractivity contribution in [1.82, 2.24) is 20.1 Å². The van der Waals surface area contributed by atoms with Crippen molar-refractivity contribution < 1.29 is 31.1 Å². The lowest BCUT2D eigenvalue weighted by atomic mass is 9.77. The van der Waals surface area contributed by atoms with Crippen LogP contribution < -0.4 is 15.8 Å². The van der Waals surface area contributed by atoms with Gasteiger partial charge in [-0.1, -0.05) is 18.2 Å². The van der Waals surface area contributed by atoms with Crippen LogP contribution in [0.15, 0.2) is 36.0 Å². The number of benzene rings is 1. The second kappa shape index (κ2) is 11.0. The summed E-state index contributed by atoms with van der Waals surface area (Å²) in [4.78, 5) is 5.60. The van der Waals surface area contributed by atoms with Crippen molar-refractivity contribution in [3.8, 4) is 5.75 Å². The van der Waals surface area contributed by atoms with Crippen LogP contribution in [0.25, 0.3) is 0 Å². The monoisotopic (exact) mass is 552 g/mol. The third-order valence-corrected chi connectivity index (χ3v) is 6.96. The zero-order valence-corrected chi connectivity index (χ0v) is 20.4. The maximum absolute atomic E-state index is 14.0. The van der Waals surface area contributed by atoms with Gasteiger partial charge in [-0.2, -0.15) is 31.3 Å². The van der Waals surface area contributed by atoms with Gasteiger partial charge in [0, 0.05) is 43.0 Å². The fourth-order valence-corrected chi connectivity index (χ4v) is 5.20. The minimum Gasteiger partial charge on any atom is -0.490 e. The Morgan fingerprint density at radius 2 is 1.78 bits per heavy atom. The minimum atomic E-state index is -4.54. The molecule has 0 amide bonds. The van der Waals surface area contributed by atoms with Crippen LogP contribution in [0, 0.1) is 5.92 Å². The summed E-state index contributed by atoms with van der Waals surface area (Å²) in [7, 11) is 0. The summed E-state index contributed by atoms with van der Waals surface area (Å²) in [6.45, 7) is 0.945. The van der Waals surface area contributed by atoms with Gasteiger partial charge in [0.2, 0.25) is 11.9 Å². The molecule has 1 aromatic carbocycles. The number of aromatic amines is 1. The Kier molecular flexibility index (Phi) is 8.12. The van der Waals surface area contributed by atoms with E-state index in [-0.39, 0.29) is 36.7 Å². The number of nitrogens with one attached hydrogen (secondary N) is 2. The quantitative estimate of drug-likeness (QED) is 0.312. The first kappa shape index (κ1) is 27.4. The fraction of sp³-hybridized carbons (Fsp3) is 0.565. The smallest absolute Gasteiger partial charge is 0.395 e. The van der Waals surface area contributed by atoms with E-state index < -0.39 is 36.0 Å². The maximum atomic E-state index is 14.0. The molecule has 2 aromatic rings. The molecule has 7 nitrogen and oxygen atoms in total. The highest BCUT2D eigenvalue weighted by molar-refractivity contribution is 6.21. The van der Waals surface area contributed by atoms with Gasteiger partial charge in [-0.05, 0) is 30.5 Å². The molecule has 2 heterocycles. The van der Waals surface area contributed by atoms with E-state index in [0.717, 1.165) is 6.08 Å². The van der Waals surface area contributed by atoms with Gasteiger partial charge in [0.1, 0.15) is 11.9 Å². The summed E-state index contributed by atoms with van der Waals surface area (Å²) in [6.07, 6.45) is -7.36. The number of likely N-dealkylation sites (tertiary alicyclic amines) is 1. The number of nitrogens with zero attached hydrogens (tertiary/aromatic N) is 3. The van der Waals surface area contributed by atoms with E-state index in [0.29, 0.717) is 37.2 Å². The van der Waals surface area contributed by atoms with E-state index in [1.807, 2.05) is 0 Å². The molecular weight excluding hydrogens is 526 g/mol. The molecule has 2 aliphatic rings. The Morgan fingerprint density at radius 3 is 2.35 bits per heavy atom. The van der Waals surface area contributed by atoms with E-state index in [4.69, 9.17) is 22.1 Å². The molecule has 0 spiro atoms. The Hall–Kier alpha value is -2.67. The van der Waals surface area contributed by atoms with Gasteiger partial charge >= 0.3 is 12.4 Å². The predicted molar refractivity (Wildman–Crippen MR) is 126 cm³/mol. The average molecular weight is 553 g/mol. The number of aromatic nitrogens is 3. The zero-order valence-electron chi connectivity index (χ0n) is 19.6. The minimum absolute atomic E-state index is 0.0286. The molecule has 1 saturated heterocycles. The highest BCUT2D eigenvalue weighted by atomic mass is 35.5. The third-order valence-electron chi connectivity index (χ3n) is 6.54. The molecule has 1 aromatic heterocycles. The second-order valence-electron chi connectivity index (χ2n) is 9.27. The molecule has 204 valence electrons. The van der Waals surface area contributed by atoms with Crippen LogP contribution in [0.2, 0.25) is 0 Å². The van der Waals surface area contributed by atoms with Gasteiger partial charge in [-0.25, -0.2) is 5.10 Å². The summed E-state index contributed by atoms with van der Waals surface area (Å²) in [5.41, 5.74) is 6.14. The number of halogens is 7. The third kappa shape index (κ3) is 7.44. The highest BCUT2D eigenvalue weighted by Gasteiger charge is 2.48. The highest BCUT2D eigenvalue weighted by Crippen LogP contribution is 2.47. The lowest BCUT2D eigenvalue weighted by Crippen LogP contribution is -2.39. The number of rotatable bonds is 7. The molecule has 1 aliphatic carbocycles. The number of hydrogen-bond donors (Lipinski definition) is 3. The first-order chi connectivity index (χ1) is 17.4. The van der Waals surface area contributed by atoms with Gasteiger partial charge in [0.25, 0.3) is 0 Å². The molecule has 3 atom stereocenters. The number of ether oxygens (including phenoxy) is 1. The van der Waals surface area contributed by atoms with Crippen LogP contribution in [0.1, 0.15) is 37.2 Å². The number of alkyl halides is 7. The number of nitrogen functional groups attached to an aromatic ring is 1. The van der Waals surface area contributed by atoms with E-state index >= 15 is 0 Å². The fourth-order valence-electron chi connectivity index (χ4n) is 4.73. The Labute approximate surface area is 214 Å². The van der Waals surface area contributed by atoms with E-state index in [1.54, 1.807) is 29.2 Å². The van der Waals surface area contributed by atoms with Crippen molar-refractivity contribution in [3.63, 3.8) is 0 Å². The summed E-state index contributed by atoms with van der Waals surface area (Å²) in [6, 6.07) is 6.37. The molecule has 3 unspecified atom stereocenters. The van der Waals surface area contributed by atoms with Crippen LogP contribution in [0.4, 0.5) is 38.2 Å². The summed E-state index contributed by atoms with van der Waals surface area (Å²) in [5.74, 6) is -2.28. The standard InChI is InChI=1S/C23H27ClF6N6O/c24-18-12-14(32-21-33-20(31)34-35-21)11-17(23(28,29)30)19(18)13-1-3-15(4-2-13)37-16-5-8-36(9-6-16)10-7-22(25,26)27/h1-4,11,16-19H,5-10,12H2,(H4,31,32,33,34,35). The van der Waals surface area contributed by atoms with Crippen LogP contribution in [-0.2, 0) is 0 Å². The summed E-state index contributed by atoms with van der Waals surface area (Å²) < 4.78 is 85.3. The summed E-state index contributed by atoms with van der Waals surface area (Å²) >= 11 is 6.49. The molecule has 4 rings (SSSR count). The Balaban J connectivity index is 1.39. The topological polar surface area (TPSA) is 92.1 Å². The van der Waals surface area contributed by atoms with Crippen LogP contribution in [0.5, 0.6) is 5.75 Å². The molecular formula is C23H27ClF6N6O. The van der Waals surface area contributed by atoms with Gasteiger partial charge in [0.05, 0.1) is 12.3 Å². The first-order valence-electron chi connectivity index (χ1n) is 11.8. The van der Waals surface area contributed by atoms with Crippen LogP contribution in [0.3, 0.4) is 0 Å². The summed E-state index contributed by atoms with van der Waals surface area (Å²) in [5, 5.41) is 8.08.